The van der Waals surface area contributed by atoms with E-state index in [0.717, 1.165) is 17.5 Å². The third-order valence-corrected chi connectivity index (χ3v) is 11.2. The van der Waals surface area contributed by atoms with Crippen LogP contribution < -0.4 is 5.32 Å². The zero-order valence-electron chi connectivity index (χ0n) is 28.7. The average Bonchev–Trinajstić information content (AvgIpc) is 3.77. The number of hydrogen-bond donors (Lipinski definition) is 4. The molecule has 3 amide bonds. The lowest BCUT2D eigenvalue weighted by atomic mass is 9.72. The number of benzene rings is 2. The number of aliphatic hydroxyl groups is 1. The summed E-state index contributed by atoms with van der Waals surface area (Å²) in [5, 5.41) is 16.6. The van der Waals surface area contributed by atoms with Crippen molar-refractivity contribution in [2.24, 2.45) is 11.8 Å². The third kappa shape index (κ3) is 5.70. The Morgan fingerprint density at radius 2 is 1.86 bits per heavy atom. The summed E-state index contributed by atoms with van der Waals surface area (Å²) in [6, 6.07) is 14.5. The highest BCUT2D eigenvalue weighted by atomic mass is 32.2. The molecule has 0 saturated carbocycles. The van der Waals surface area contributed by atoms with Gasteiger partial charge >= 0.3 is 0 Å². The highest BCUT2D eigenvalue weighted by molar-refractivity contribution is 7.85. The van der Waals surface area contributed by atoms with Gasteiger partial charge in [-0.15, -0.1) is 0 Å². The van der Waals surface area contributed by atoms with Gasteiger partial charge in [0.2, 0.25) is 17.5 Å². The maximum Gasteiger partial charge on any atom is 0.281 e. The van der Waals surface area contributed by atoms with E-state index in [1.807, 2.05) is 44.2 Å². The number of H-pyrrole nitrogens is 1. The van der Waals surface area contributed by atoms with Gasteiger partial charge in [-0.25, -0.2) is 0 Å². The molecule has 50 heavy (non-hydrogen) atoms. The van der Waals surface area contributed by atoms with E-state index in [4.69, 9.17) is 9.29 Å². The maximum atomic E-state index is 14.6. The molecule has 4 fully saturated rings. The largest absolute Gasteiger partial charge is 0.361 e. The minimum Gasteiger partial charge on any atom is -0.361 e. The van der Waals surface area contributed by atoms with E-state index in [1.165, 1.54) is 21.4 Å². The number of carbonyl (C=O) groups excluding carboxylic acids is 3. The van der Waals surface area contributed by atoms with Gasteiger partial charge in [-0.05, 0) is 55.5 Å². The second kappa shape index (κ2) is 12.4. The molecule has 0 spiro atoms. The van der Waals surface area contributed by atoms with Crippen LogP contribution in [0.4, 0.5) is 0 Å². The Morgan fingerprint density at radius 3 is 2.56 bits per heavy atom. The van der Waals surface area contributed by atoms with E-state index < -0.39 is 51.6 Å². The first-order valence-corrected chi connectivity index (χ1v) is 19.1. The number of likely N-dealkylation sites (N-methyl/N-ethyl adjacent to an activating group) is 1. The van der Waals surface area contributed by atoms with Crippen LogP contribution in [0.15, 0.2) is 54.7 Å². The monoisotopic (exact) mass is 707 g/mol. The number of aromatic nitrogens is 1. The summed E-state index contributed by atoms with van der Waals surface area (Å²) >= 11 is 0. The molecule has 4 saturated heterocycles. The molecule has 4 N–H and O–H groups in total. The average molecular weight is 708 g/mol. The molecule has 4 aliphatic heterocycles. The summed E-state index contributed by atoms with van der Waals surface area (Å²) in [6.07, 6.45) is 5.84. The fourth-order valence-corrected chi connectivity index (χ4v) is 8.99. The summed E-state index contributed by atoms with van der Waals surface area (Å²) in [5.41, 5.74) is 2.75. The van der Waals surface area contributed by atoms with E-state index in [2.05, 4.69) is 46.6 Å². The molecule has 5 unspecified atom stereocenters. The first kappa shape index (κ1) is 34.6. The fourth-order valence-electron chi connectivity index (χ4n) is 8.99. The quantitative estimate of drug-likeness (QED) is 0.290. The molecule has 1 aromatic heterocycles. The van der Waals surface area contributed by atoms with E-state index in [1.54, 1.807) is 4.90 Å². The molecule has 1 aliphatic carbocycles. The predicted octanol–water partition coefficient (Wildman–Crippen LogP) is 2.22. The number of hydrogen-bond acceptors (Lipinski definition) is 8. The molecule has 0 bridgehead atoms. The van der Waals surface area contributed by atoms with Crippen molar-refractivity contribution < 1.29 is 37.2 Å². The third-order valence-electron chi connectivity index (χ3n) is 11.2. The normalized spacial score (nSPS) is 32.0. The van der Waals surface area contributed by atoms with E-state index in [9.17, 15) is 27.9 Å². The van der Waals surface area contributed by atoms with Gasteiger partial charge in [-0.1, -0.05) is 56.3 Å². The van der Waals surface area contributed by atoms with Gasteiger partial charge in [0.15, 0.2) is 0 Å². The van der Waals surface area contributed by atoms with Crippen LogP contribution in [0.1, 0.15) is 55.7 Å². The van der Waals surface area contributed by atoms with Crippen LogP contribution in [0.25, 0.3) is 10.9 Å². The summed E-state index contributed by atoms with van der Waals surface area (Å²) in [4.78, 5) is 51.4. The van der Waals surface area contributed by atoms with Crippen molar-refractivity contribution >= 4 is 38.7 Å². The number of piperazine rings is 1. The molecule has 5 heterocycles. The first-order valence-electron chi connectivity index (χ1n) is 17.3. The Kier molecular flexibility index (Phi) is 8.62. The van der Waals surface area contributed by atoms with Crippen molar-refractivity contribution in [1.29, 1.82) is 0 Å². The van der Waals surface area contributed by atoms with E-state index >= 15 is 0 Å². The summed E-state index contributed by atoms with van der Waals surface area (Å²) < 4.78 is 32.4. The molecule has 3 aromatic rings. The number of nitrogens with one attached hydrogen (secondary N) is 2. The molecule has 268 valence electrons. The molecular weight excluding hydrogens is 662 g/mol. The molecule has 5 aliphatic rings. The van der Waals surface area contributed by atoms with Gasteiger partial charge in [-0.3, -0.25) is 28.6 Å². The molecule has 7 atom stereocenters. The maximum absolute atomic E-state index is 14.6. The summed E-state index contributed by atoms with van der Waals surface area (Å²) in [7, 11) is -1.60. The van der Waals surface area contributed by atoms with Crippen molar-refractivity contribution in [2.75, 3.05) is 26.4 Å². The van der Waals surface area contributed by atoms with Gasteiger partial charge in [0.05, 0.1) is 12.2 Å². The number of ether oxygens (including phenoxy) is 1. The van der Waals surface area contributed by atoms with Gasteiger partial charge in [-0.2, -0.15) is 8.42 Å². The molecular formula is C36H45N5O8S. The Labute approximate surface area is 291 Å². The summed E-state index contributed by atoms with van der Waals surface area (Å²) in [6.45, 7) is 4.68. The number of rotatable bonds is 5. The van der Waals surface area contributed by atoms with Crippen LogP contribution in [0.3, 0.4) is 0 Å². The van der Waals surface area contributed by atoms with Gasteiger partial charge in [0.25, 0.3) is 21.9 Å². The van der Waals surface area contributed by atoms with E-state index in [0.29, 0.717) is 38.6 Å². The highest BCUT2D eigenvalue weighted by Gasteiger charge is 2.72. The number of fused-ring (bicyclic) bond motifs is 5. The van der Waals surface area contributed by atoms with Crippen LogP contribution in [-0.2, 0) is 42.1 Å². The summed E-state index contributed by atoms with van der Waals surface area (Å²) in [5.74, 6) is -3.80. The number of aromatic amines is 1. The van der Waals surface area contributed by atoms with Crippen molar-refractivity contribution in [2.45, 2.75) is 81.6 Å². The molecule has 8 rings (SSSR count). The minimum atomic E-state index is -3.67. The topological polar surface area (TPSA) is 173 Å². The molecule has 14 heteroatoms. The predicted molar refractivity (Wildman–Crippen MR) is 184 cm³/mol. The van der Waals surface area contributed by atoms with E-state index in [-0.39, 0.29) is 30.2 Å². The number of likely N-dealkylation sites (tertiary alicyclic amines) is 1. The van der Waals surface area contributed by atoms with Crippen molar-refractivity contribution in [3.63, 3.8) is 0 Å². The second-order valence-corrected chi connectivity index (χ2v) is 16.2. The lowest BCUT2D eigenvalue weighted by molar-refractivity contribution is -0.321. The Bertz CT molecular complexity index is 1930. The lowest BCUT2D eigenvalue weighted by Crippen LogP contribution is -2.71. The zero-order chi connectivity index (χ0) is 35.7. The Hall–Kier alpha value is -3.82. The second-order valence-electron chi connectivity index (χ2n) is 14.8. The van der Waals surface area contributed by atoms with Crippen LogP contribution in [0.2, 0.25) is 0 Å². The minimum absolute atomic E-state index is 0.164. The number of piperidine rings is 1. The van der Waals surface area contributed by atoms with Crippen LogP contribution in [0, 0.1) is 11.8 Å². The van der Waals surface area contributed by atoms with Gasteiger partial charge in [0.1, 0.15) is 12.1 Å². The van der Waals surface area contributed by atoms with Crippen molar-refractivity contribution in [3.05, 3.63) is 71.4 Å². The first-order chi connectivity index (χ1) is 23.6. The van der Waals surface area contributed by atoms with Crippen LogP contribution >= 0.6 is 0 Å². The fraction of sp³-hybridized carbons (Fsp3) is 0.528. The Balaban J connectivity index is 0.000000734. The van der Waals surface area contributed by atoms with Crippen LogP contribution in [-0.4, -0.2) is 112 Å². The standard InChI is InChI=1S/C35H41N5O5.CH4O3S/c1-20(2)34(37-31(41)23-16-25-24-11-7-12-26-30(24)22(18-36-26)17-27(25)38(3)19-23)33(43)40-28(15-21-9-5-4-6-10-21)32(42)39-14-8-13-29(39)35(40,44)45-34;1-5(2,3)4/h4-7,9-12,18,20,23,25,27-29,36,44H,8,13-17,19H2,1-3H3,(H,37,41);1H3,(H,2,3,4)/t23?,25?,27?,28?,29?,34-,35+;/m1./s1. The smallest absolute Gasteiger partial charge is 0.281 e. The molecule has 0 radical (unpaired) electrons. The molecule has 13 nitrogen and oxygen atoms in total. The van der Waals surface area contributed by atoms with Crippen molar-refractivity contribution in [1.82, 2.24) is 25.0 Å². The SMILES string of the molecule is CC(C)[C@@]1(NC(=O)C2CC3c4cccc5[nH]cc(c45)CC3N(C)C2)O[C@@]2(O)C3CCCN3C(=O)C(Cc3ccccc3)N2C1=O.CS(=O)(=O)O. The number of carbonyl (C=O) groups is 3. The lowest BCUT2D eigenvalue weighted by Gasteiger charge is -2.48. The van der Waals surface area contributed by atoms with Gasteiger partial charge < -0.3 is 25.2 Å². The number of amides is 3. The highest BCUT2D eigenvalue weighted by Crippen LogP contribution is 2.49. The van der Waals surface area contributed by atoms with Crippen LogP contribution in [0.5, 0.6) is 0 Å². The number of nitrogens with zero attached hydrogens (tertiary/aromatic N) is 3. The molecule has 2 aromatic carbocycles. The zero-order valence-corrected chi connectivity index (χ0v) is 29.5. The van der Waals surface area contributed by atoms with Crippen molar-refractivity contribution in [3.8, 4) is 0 Å². The Morgan fingerprint density at radius 1 is 1.14 bits per heavy atom. The van der Waals surface area contributed by atoms with Gasteiger partial charge in [0, 0.05) is 54.5 Å².